The number of anilines is 1. The molecule has 4 heteroatoms. The summed E-state index contributed by atoms with van der Waals surface area (Å²) in [6.07, 6.45) is 0. The molecule has 0 aliphatic carbocycles. The zero-order chi connectivity index (χ0) is 9.97. The molecule has 1 aliphatic heterocycles. The van der Waals surface area contributed by atoms with Crippen LogP contribution in [0.1, 0.15) is 0 Å². The summed E-state index contributed by atoms with van der Waals surface area (Å²) in [7, 11) is 0. The highest BCUT2D eigenvalue weighted by atomic mass is 19.1. The van der Waals surface area contributed by atoms with E-state index in [1.807, 2.05) is 4.90 Å². The highest BCUT2D eigenvalue weighted by Crippen LogP contribution is 2.34. The SMILES string of the molecule is Oc1ccc2c(c1)N(CC[19F])CCO2. The van der Waals surface area contributed by atoms with E-state index < -0.39 is 6.67 Å². The fraction of sp³-hybridized carbons (Fsp3) is 0.400. The monoisotopic (exact) mass is 197 g/mol. The Morgan fingerprint density at radius 2 is 2.36 bits per heavy atom. The van der Waals surface area contributed by atoms with Gasteiger partial charge in [-0.15, -0.1) is 0 Å². The van der Waals surface area contributed by atoms with Gasteiger partial charge in [-0.1, -0.05) is 0 Å². The van der Waals surface area contributed by atoms with Gasteiger partial charge in [0, 0.05) is 12.6 Å². The Bertz CT molecular complexity index is 330. The quantitative estimate of drug-likeness (QED) is 0.781. The number of rotatable bonds is 2. The smallest absolute Gasteiger partial charge is 0.142 e. The van der Waals surface area contributed by atoms with E-state index in [-0.39, 0.29) is 5.75 Å². The molecule has 0 fully saturated rings. The number of aromatic hydroxyl groups is 1. The van der Waals surface area contributed by atoms with E-state index in [2.05, 4.69) is 0 Å². The lowest BCUT2D eigenvalue weighted by atomic mass is 10.2. The van der Waals surface area contributed by atoms with Crippen molar-refractivity contribution in [3.05, 3.63) is 18.2 Å². The van der Waals surface area contributed by atoms with Crippen LogP contribution in [0.3, 0.4) is 0 Å². The number of hydrogen-bond acceptors (Lipinski definition) is 3. The second-order valence-corrected chi connectivity index (χ2v) is 3.18. The van der Waals surface area contributed by atoms with Crippen molar-refractivity contribution in [1.82, 2.24) is 0 Å². The van der Waals surface area contributed by atoms with Crippen molar-refractivity contribution in [3.8, 4) is 11.5 Å². The van der Waals surface area contributed by atoms with E-state index in [4.69, 9.17) is 4.74 Å². The molecule has 0 saturated carbocycles. The van der Waals surface area contributed by atoms with Crippen molar-refractivity contribution in [2.24, 2.45) is 0 Å². The lowest BCUT2D eigenvalue weighted by Crippen LogP contribution is -2.34. The molecule has 0 radical (unpaired) electrons. The minimum absolute atomic E-state index is 0.179. The van der Waals surface area contributed by atoms with E-state index in [1.165, 1.54) is 0 Å². The Hall–Kier alpha value is -1.45. The number of phenolic OH excluding ortho intramolecular Hbond substituents is 1. The van der Waals surface area contributed by atoms with Gasteiger partial charge in [0.15, 0.2) is 0 Å². The fourth-order valence-electron chi connectivity index (χ4n) is 1.60. The fourth-order valence-corrected chi connectivity index (χ4v) is 1.60. The molecular weight excluding hydrogens is 185 g/mol. The summed E-state index contributed by atoms with van der Waals surface area (Å²) in [6.45, 7) is 1.19. The summed E-state index contributed by atoms with van der Waals surface area (Å²) >= 11 is 0. The number of benzene rings is 1. The minimum Gasteiger partial charge on any atom is -0.508 e. The number of fused-ring (bicyclic) bond motifs is 1. The van der Waals surface area contributed by atoms with Gasteiger partial charge in [0.2, 0.25) is 0 Å². The molecule has 3 nitrogen and oxygen atoms in total. The van der Waals surface area contributed by atoms with Crippen LogP contribution in [-0.2, 0) is 0 Å². The molecule has 2 rings (SSSR count). The maximum atomic E-state index is 12.2. The van der Waals surface area contributed by atoms with Gasteiger partial charge < -0.3 is 14.7 Å². The predicted molar refractivity (Wildman–Crippen MR) is 51.8 cm³/mol. The summed E-state index contributed by atoms with van der Waals surface area (Å²) in [4.78, 5) is 1.87. The lowest BCUT2D eigenvalue weighted by Gasteiger charge is -2.30. The highest BCUT2D eigenvalue weighted by Gasteiger charge is 2.17. The van der Waals surface area contributed by atoms with Crippen LogP contribution in [-0.4, -0.2) is 31.5 Å². The van der Waals surface area contributed by atoms with E-state index in [0.717, 1.165) is 5.69 Å². The molecule has 0 bridgehead atoms. The predicted octanol–water partition coefficient (Wildman–Crippen LogP) is 1.56. The van der Waals surface area contributed by atoms with Crippen molar-refractivity contribution in [1.29, 1.82) is 0 Å². The van der Waals surface area contributed by atoms with Crippen LogP contribution in [0.2, 0.25) is 0 Å². The zero-order valence-corrected chi connectivity index (χ0v) is 7.74. The van der Waals surface area contributed by atoms with Gasteiger partial charge in [0.1, 0.15) is 24.8 Å². The van der Waals surface area contributed by atoms with E-state index >= 15 is 0 Å². The zero-order valence-electron chi connectivity index (χ0n) is 7.74. The summed E-state index contributed by atoms with van der Waals surface area (Å²) in [5.74, 6) is 0.889. The van der Waals surface area contributed by atoms with Gasteiger partial charge in [-0.2, -0.15) is 0 Å². The third-order valence-electron chi connectivity index (χ3n) is 2.26. The molecule has 1 N–H and O–H groups in total. The van der Waals surface area contributed by atoms with Gasteiger partial charge >= 0.3 is 0 Å². The van der Waals surface area contributed by atoms with E-state index in [9.17, 15) is 9.50 Å². The first-order valence-electron chi connectivity index (χ1n) is 4.58. The molecule has 0 spiro atoms. The maximum Gasteiger partial charge on any atom is 0.142 e. The molecule has 1 aromatic carbocycles. The Kier molecular flexibility index (Phi) is 2.43. The summed E-state index contributed by atoms with van der Waals surface area (Å²) in [6, 6.07) is 4.87. The standard InChI is InChI=1S/C10H12FNO2/c11-3-4-12-5-6-14-10-2-1-8(13)7-9(10)12/h1-2,7,13H,3-6H2/i11+0. The van der Waals surface area contributed by atoms with Crippen molar-refractivity contribution >= 4 is 5.69 Å². The van der Waals surface area contributed by atoms with E-state index in [0.29, 0.717) is 25.4 Å². The number of hydrogen-bond donors (Lipinski definition) is 1. The van der Waals surface area contributed by atoms with Crippen LogP contribution < -0.4 is 9.64 Å². The Balaban J connectivity index is 2.32. The van der Waals surface area contributed by atoms with E-state index in [1.54, 1.807) is 18.2 Å². The third-order valence-corrected chi connectivity index (χ3v) is 2.26. The first-order valence-corrected chi connectivity index (χ1v) is 4.58. The Labute approximate surface area is 81.7 Å². The molecule has 1 aliphatic rings. The average molecular weight is 197 g/mol. The summed E-state index contributed by atoms with van der Waals surface area (Å²) in [5, 5.41) is 9.30. The van der Waals surface area contributed by atoms with Gasteiger partial charge in [0.05, 0.1) is 12.2 Å². The summed E-state index contributed by atoms with van der Waals surface area (Å²) in [5.41, 5.74) is 0.772. The van der Waals surface area contributed by atoms with Crippen LogP contribution in [0, 0.1) is 0 Å². The largest absolute Gasteiger partial charge is 0.508 e. The van der Waals surface area contributed by atoms with Crippen molar-refractivity contribution in [3.63, 3.8) is 0 Å². The number of halogens is 1. The number of alkyl halides is 1. The van der Waals surface area contributed by atoms with Gasteiger partial charge in [-0.05, 0) is 12.1 Å². The van der Waals surface area contributed by atoms with Crippen LogP contribution in [0.25, 0.3) is 0 Å². The maximum absolute atomic E-state index is 12.2. The topological polar surface area (TPSA) is 32.7 Å². The number of phenols is 1. The van der Waals surface area contributed by atoms with Crippen LogP contribution in [0.5, 0.6) is 11.5 Å². The Morgan fingerprint density at radius 3 is 3.14 bits per heavy atom. The van der Waals surface area contributed by atoms with Crippen molar-refractivity contribution < 1.29 is 14.2 Å². The first-order chi connectivity index (χ1) is 6.81. The van der Waals surface area contributed by atoms with Crippen LogP contribution >= 0.6 is 0 Å². The molecule has 0 atom stereocenters. The molecule has 0 unspecified atom stereocenters. The molecule has 1 heterocycles. The van der Waals surface area contributed by atoms with Gasteiger partial charge in [0.25, 0.3) is 0 Å². The van der Waals surface area contributed by atoms with Gasteiger partial charge in [-0.3, -0.25) is 0 Å². The molecule has 76 valence electrons. The van der Waals surface area contributed by atoms with Crippen molar-refractivity contribution in [2.45, 2.75) is 0 Å². The number of nitrogens with zero attached hydrogens (tertiary/aromatic N) is 1. The van der Waals surface area contributed by atoms with Gasteiger partial charge in [-0.25, -0.2) is 4.39 Å². The van der Waals surface area contributed by atoms with Crippen LogP contribution in [0.15, 0.2) is 18.2 Å². The molecule has 0 aromatic heterocycles. The Morgan fingerprint density at radius 1 is 1.50 bits per heavy atom. The molecule has 0 amide bonds. The lowest BCUT2D eigenvalue weighted by molar-refractivity contribution is 0.303. The van der Waals surface area contributed by atoms with Crippen LogP contribution in [0.4, 0.5) is 10.1 Å². The normalized spacial score (nSPS) is 14.8. The molecule has 0 saturated heterocycles. The molecular formula is C10H12FNO2. The summed E-state index contributed by atoms with van der Waals surface area (Å²) < 4.78 is 17.6. The van der Waals surface area contributed by atoms with Crippen molar-refractivity contribution in [2.75, 3.05) is 31.3 Å². The third kappa shape index (κ3) is 1.60. The second-order valence-electron chi connectivity index (χ2n) is 3.18. The minimum atomic E-state index is -0.394. The average Bonchev–Trinajstić information content (AvgIpc) is 2.19. The number of ether oxygens (including phenoxy) is 1. The molecule has 1 aromatic rings. The highest BCUT2D eigenvalue weighted by molar-refractivity contribution is 5.62. The first kappa shape index (κ1) is 9.12. The second kappa shape index (κ2) is 3.74. The molecule has 14 heavy (non-hydrogen) atoms.